The van der Waals surface area contributed by atoms with Crippen LogP contribution < -0.4 is 5.32 Å². The minimum atomic E-state index is -1.03. The number of urea groups is 1. The monoisotopic (exact) mass is 288 g/mol. The van der Waals surface area contributed by atoms with E-state index in [1.807, 2.05) is 0 Å². The van der Waals surface area contributed by atoms with Gasteiger partial charge in [0.15, 0.2) is 0 Å². The molecule has 0 atom stereocenters. The van der Waals surface area contributed by atoms with Crippen LogP contribution in [0.5, 0.6) is 0 Å². The molecule has 1 saturated carbocycles. The molecule has 0 aromatic heterocycles. The molecule has 6 nitrogen and oxygen atoms in total. The molecule has 1 aromatic carbocycles. The molecule has 1 aromatic rings. The fourth-order valence-electron chi connectivity index (χ4n) is 3.12. The lowest BCUT2D eigenvalue weighted by atomic mass is 9.98. The quantitative estimate of drug-likeness (QED) is 0.830. The average molecular weight is 288 g/mol. The second-order valence-corrected chi connectivity index (χ2v) is 5.62. The first-order valence-corrected chi connectivity index (χ1v) is 6.98. The number of carboxylic acids is 1. The minimum Gasteiger partial charge on any atom is -0.478 e. The van der Waals surface area contributed by atoms with Gasteiger partial charge in [-0.25, -0.2) is 9.59 Å². The molecule has 0 bridgehead atoms. The average Bonchev–Trinajstić information content (AvgIpc) is 3.01. The zero-order valence-electron chi connectivity index (χ0n) is 11.5. The van der Waals surface area contributed by atoms with Crippen LogP contribution in [-0.2, 0) is 11.3 Å². The Labute approximate surface area is 121 Å². The van der Waals surface area contributed by atoms with Gasteiger partial charge in [0.2, 0.25) is 0 Å². The molecule has 1 aliphatic heterocycles. The van der Waals surface area contributed by atoms with Crippen molar-refractivity contribution in [3.8, 4) is 0 Å². The number of rotatable bonds is 3. The maximum Gasteiger partial charge on any atom is 0.335 e. The van der Waals surface area contributed by atoms with Crippen LogP contribution in [0.15, 0.2) is 24.3 Å². The predicted octanol–water partition coefficient (Wildman–Crippen LogP) is 1.75. The van der Waals surface area contributed by atoms with Crippen LogP contribution in [0.25, 0.3) is 0 Å². The Morgan fingerprint density at radius 3 is 2.67 bits per heavy atom. The van der Waals surface area contributed by atoms with Gasteiger partial charge in [0.1, 0.15) is 5.54 Å². The van der Waals surface area contributed by atoms with E-state index < -0.39 is 11.5 Å². The molecule has 1 spiro atoms. The van der Waals surface area contributed by atoms with Gasteiger partial charge in [-0.3, -0.25) is 9.69 Å². The number of amides is 3. The standard InChI is InChI=1S/C15H16N2O4/c18-12(19)11-5-3-4-10(8-11)9-17-13(20)15(16-14(17)21)6-1-2-7-15/h3-5,8H,1-2,6-7,9H2,(H,16,21)(H,18,19). The normalized spacial score (nSPS) is 20.1. The number of nitrogens with zero attached hydrogens (tertiary/aromatic N) is 1. The van der Waals surface area contributed by atoms with Gasteiger partial charge in [0.05, 0.1) is 12.1 Å². The van der Waals surface area contributed by atoms with Crippen LogP contribution in [-0.4, -0.2) is 33.5 Å². The largest absolute Gasteiger partial charge is 0.478 e. The maximum absolute atomic E-state index is 12.5. The van der Waals surface area contributed by atoms with Gasteiger partial charge < -0.3 is 10.4 Å². The summed E-state index contributed by atoms with van der Waals surface area (Å²) >= 11 is 0. The third-order valence-corrected chi connectivity index (χ3v) is 4.22. The summed E-state index contributed by atoms with van der Waals surface area (Å²) in [6.07, 6.45) is 3.25. The molecule has 3 amide bonds. The van der Waals surface area contributed by atoms with Crippen molar-refractivity contribution in [2.24, 2.45) is 0 Å². The van der Waals surface area contributed by atoms with Gasteiger partial charge in [0.25, 0.3) is 5.91 Å². The summed E-state index contributed by atoms with van der Waals surface area (Å²) in [6.45, 7) is 0.105. The first-order valence-electron chi connectivity index (χ1n) is 6.98. The first-order chi connectivity index (χ1) is 10.0. The van der Waals surface area contributed by atoms with E-state index in [9.17, 15) is 14.4 Å². The molecule has 2 aliphatic rings. The lowest BCUT2D eigenvalue weighted by Gasteiger charge is -2.20. The highest BCUT2D eigenvalue weighted by molar-refractivity contribution is 6.07. The second kappa shape index (κ2) is 4.87. The molecular formula is C15H16N2O4. The molecule has 1 heterocycles. The maximum atomic E-state index is 12.5. The Morgan fingerprint density at radius 2 is 2.00 bits per heavy atom. The summed E-state index contributed by atoms with van der Waals surface area (Å²) in [5.74, 6) is -1.22. The number of carboxylic acid groups (broad SMARTS) is 1. The SMILES string of the molecule is O=C(O)c1cccc(CN2C(=O)NC3(CCCC3)C2=O)c1. The Hall–Kier alpha value is -2.37. The van der Waals surface area contributed by atoms with Crippen LogP contribution in [0.4, 0.5) is 4.79 Å². The number of nitrogens with one attached hydrogen (secondary N) is 1. The van der Waals surface area contributed by atoms with Crippen LogP contribution in [0.3, 0.4) is 0 Å². The summed E-state index contributed by atoms with van der Waals surface area (Å²) in [6, 6.07) is 5.91. The number of hydrogen-bond donors (Lipinski definition) is 2. The van der Waals surface area contributed by atoms with Crippen molar-refractivity contribution >= 4 is 17.9 Å². The Bertz CT molecular complexity index is 620. The zero-order valence-corrected chi connectivity index (χ0v) is 11.5. The molecule has 1 saturated heterocycles. The fourth-order valence-corrected chi connectivity index (χ4v) is 3.12. The number of carbonyl (C=O) groups is 3. The van der Waals surface area contributed by atoms with Crippen molar-refractivity contribution in [3.05, 3.63) is 35.4 Å². The Kier molecular flexibility index (Phi) is 3.16. The van der Waals surface area contributed by atoms with E-state index in [4.69, 9.17) is 5.11 Å². The molecule has 6 heteroatoms. The van der Waals surface area contributed by atoms with Gasteiger partial charge in [-0.05, 0) is 30.5 Å². The highest BCUT2D eigenvalue weighted by Gasteiger charge is 2.52. The van der Waals surface area contributed by atoms with E-state index in [0.717, 1.165) is 12.8 Å². The van der Waals surface area contributed by atoms with Crippen LogP contribution >= 0.6 is 0 Å². The molecule has 21 heavy (non-hydrogen) atoms. The second-order valence-electron chi connectivity index (χ2n) is 5.62. The number of benzene rings is 1. The predicted molar refractivity (Wildman–Crippen MR) is 73.7 cm³/mol. The molecule has 1 aliphatic carbocycles. The molecule has 2 fully saturated rings. The van der Waals surface area contributed by atoms with Gasteiger partial charge in [-0.1, -0.05) is 25.0 Å². The van der Waals surface area contributed by atoms with Crippen molar-refractivity contribution in [3.63, 3.8) is 0 Å². The summed E-state index contributed by atoms with van der Waals surface area (Å²) in [5, 5.41) is 11.8. The summed E-state index contributed by atoms with van der Waals surface area (Å²) < 4.78 is 0. The van der Waals surface area contributed by atoms with Crippen molar-refractivity contribution in [2.45, 2.75) is 37.8 Å². The van der Waals surface area contributed by atoms with Crippen molar-refractivity contribution < 1.29 is 19.5 Å². The Balaban J connectivity index is 1.82. The molecular weight excluding hydrogens is 272 g/mol. The van der Waals surface area contributed by atoms with Crippen molar-refractivity contribution in [1.29, 1.82) is 0 Å². The van der Waals surface area contributed by atoms with Crippen LogP contribution in [0.2, 0.25) is 0 Å². The molecule has 0 unspecified atom stereocenters. The lowest BCUT2D eigenvalue weighted by Crippen LogP contribution is -2.44. The van der Waals surface area contributed by atoms with Gasteiger partial charge in [0, 0.05) is 0 Å². The number of aromatic carboxylic acids is 1. The fraction of sp³-hybridized carbons (Fsp3) is 0.400. The molecule has 110 valence electrons. The molecule has 3 rings (SSSR count). The number of carbonyl (C=O) groups excluding carboxylic acids is 2. The topological polar surface area (TPSA) is 86.7 Å². The molecule has 2 N–H and O–H groups in total. The first kappa shape index (κ1) is 13.6. The lowest BCUT2D eigenvalue weighted by molar-refractivity contribution is -0.131. The van der Waals surface area contributed by atoms with Crippen LogP contribution in [0, 0.1) is 0 Å². The van der Waals surface area contributed by atoms with Crippen molar-refractivity contribution in [1.82, 2.24) is 10.2 Å². The zero-order chi connectivity index (χ0) is 15.0. The molecule has 0 radical (unpaired) electrons. The number of hydrogen-bond acceptors (Lipinski definition) is 3. The van der Waals surface area contributed by atoms with Crippen LogP contribution in [0.1, 0.15) is 41.6 Å². The Morgan fingerprint density at radius 1 is 1.29 bits per heavy atom. The third-order valence-electron chi connectivity index (χ3n) is 4.22. The minimum absolute atomic E-state index is 0.105. The third kappa shape index (κ3) is 2.26. The smallest absolute Gasteiger partial charge is 0.335 e. The summed E-state index contributed by atoms with van der Waals surface area (Å²) in [5.41, 5.74) is 0.0604. The highest BCUT2D eigenvalue weighted by atomic mass is 16.4. The van der Waals surface area contributed by atoms with E-state index in [1.165, 1.54) is 17.0 Å². The summed E-state index contributed by atoms with van der Waals surface area (Å²) in [7, 11) is 0. The van der Waals surface area contributed by atoms with E-state index in [0.29, 0.717) is 18.4 Å². The summed E-state index contributed by atoms with van der Waals surface area (Å²) in [4.78, 5) is 36.7. The van der Waals surface area contributed by atoms with E-state index in [1.54, 1.807) is 12.1 Å². The van der Waals surface area contributed by atoms with Gasteiger partial charge in [-0.2, -0.15) is 0 Å². The van der Waals surface area contributed by atoms with Gasteiger partial charge >= 0.3 is 12.0 Å². The number of imide groups is 1. The van der Waals surface area contributed by atoms with E-state index in [2.05, 4.69) is 5.32 Å². The van der Waals surface area contributed by atoms with Crippen molar-refractivity contribution in [2.75, 3.05) is 0 Å². The van der Waals surface area contributed by atoms with E-state index in [-0.39, 0.29) is 24.0 Å². The van der Waals surface area contributed by atoms with Gasteiger partial charge in [-0.15, -0.1) is 0 Å². The highest BCUT2D eigenvalue weighted by Crippen LogP contribution is 2.35. The van der Waals surface area contributed by atoms with E-state index >= 15 is 0 Å².